The largest absolute Gasteiger partial charge is 0.309 e. The summed E-state index contributed by atoms with van der Waals surface area (Å²) in [6, 6.07) is 2.89. The average molecular weight is 292 g/mol. The fourth-order valence-electron chi connectivity index (χ4n) is 4.42. The summed E-state index contributed by atoms with van der Waals surface area (Å²) >= 11 is 1.90. The molecule has 2 fully saturated rings. The van der Waals surface area contributed by atoms with Crippen molar-refractivity contribution in [2.75, 3.05) is 19.6 Å². The molecule has 2 nitrogen and oxygen atoms in total. The third-order valence-corrected chi connectivity index (χ3v) is 6.22. The molecule has 1 unspecified atom stereocenters. The van der Waals surface area contributed by atoms with E-state index in [0.717, 1.165) is 6.54 Å². The van der Waals surface area contributed by atoms with Gasteiger partial charge in [-0.25, -0.2) is 0 Å². The van der Waals surface area contributed by atoms with Crippen molar-refractivity contribution < 1.29 is 0 Å². The fraction of sp³-hybridized carbons (Fsp3) is 0.765. The van der Waals surface area contributed by atoms with E-state index in [-0.39, 0.29) is 0 Å². The van der Waals surface area contributed by atoms with E-state index in [9.17, 15) is 0 Å². The second kappa shape index (κ2) is 6.17. The highest BCUT2D eigenvalue weighted by atomic mass is 32.1. The minimum Gasteiger partial charge on any atom is -0.309 e. The zero-order chi connectivity index (χ0) is 14.0. The molecule has 112 valence electrons. The third-order valence-electron chi connectivity index (χ3n) is 5.36. The Hall–Kier alpha value is -0.380. The van der Waals surface area contributed by atoms with Crippen LogP contribution in [-0.4, -0.2) is 30.1 Å². The monoisotopic (exact) mass is 292 g/mol. The van der Waals surface area contributed by atoms with Gasteiger partial charge in [-0.05, 0) is 69.3 Å². The van der Waals surface area contributed by atoms with Gasteiger partial charge in [-0.1, -0.05) is 19.8 Å². The number of likely N-dealkylation sites (tertiary alicyclic amines) is 1. The number of likely N-dealkylation sites (N-methyl/N-ethyl adjacent to an activating group) is 1. The molecule has 1 aromatic rings. The molecule has 3 rings (SSSR count). The number of aryl methyl sites for hydroxylation is 1. The van der Waals surface area contributed by atoms with Crippen molar-refractivity contribution in [3.05, 3.63) is 21.9 Å². The normalized spacial score (nSPS) is 24.3. The highest BCUT2D eigenvalue weighted by Crippen LogP contribution is 2.47. The van der Waals surface area contributed by atoms with Crippen LogP contribution in [0.4, 0.5) is 0 Å². The maximum Gasteiger partial charge on any atom is 0.0518 e. The molecular weight excluding hydrogens is 264 g/mol. The SMILES string of the molecule is CCNC(c1ccsc1C)C1(N2CCCC2)CCCC1. The molecule has 1 saturated heterocycles. The summed E-state index contributed by atoms with van der Waals surface area (Å²) in [7, 11) is 0. The number of hydrogen-bond acceptors (Lipinski definition) is 3. The molecule has 1 saturated carbocycles. The minimum atomic E-state index is 0.387. The van der Waals surface area contributed by atoms with E-state index in [2.05, 4.69) is 35.5 Å². The van der Waals surface area contributed by atoms with Gasteiger partial charge in [0.15, 0.2) is 0 Å². The number of nitrogens with zero attached hydrogens (tertiary/aromatic N) is 1. The molecule has 0 aromatic carbocycles. The van der Waals surface area contributed by atoms with E-state index in [1.807, 2.05) is 11.3 Å². The second-order valence-corrected chi connectivity index (χ2v) is 7.55. The van der Waals surface area contributed by atoms with E-state index in [1.54, 1.807) is 5.56 Å². The zero-order valence-electron chi connectivity index (χ0n) is 13.0. The smallest absolute Gasteiger partial charge is 0.0518 e. The maximum absolute atomic E-state index is 3.85. The van der Waals surface area contributed by atoms with Crippen molar-refractivity contribution in [3.63, 3.8) is 0 Å². The Labute approximate surface area is 127 Å². The van der Waals surface area contributed by atoms with Crippen LogP contribution in [0.5, 0.6) is 0 Å². The van der Waals surface area contributed by atoms with E-state index < -0.39 is 0 Å². The summed E-state index contributed by atoms with van der Waals surface area (Å²) in [6.07, 6.45) is 8.34. The molecule has 2 aliphatic rings. The Morgan fingerprint density at radius 3 is 2.50 bits per heavy atom. The van der Waals surface area contributed by atoms with Crippen molar-refractivity contribution in [1.82, 2.24) is 10.2 Å². The van der Waals surface area contributed by atoms with Crippen molar-refractivity contribution in [3.8, 4) is 0 Å². The third kappa shape index (κ3) is 2.44. The summed E-state index contributed by atoms with van der Waals surface area (Å²) in [5.74, 6) is 0. The van der Waals surface area contributed by atoms with Gasteiger partial charge in [-0.15, -0.1) is 11.3 Å². The fourth-order valence-corrected chi connectivity index (χ4v) is 5.17. The minimum absolute atomic E-state index is 0.387. The highest BCUT2D eigenvalue weighted by molar-refractivity contribution is 7.10. The van der Waals surface area contributed by atoms with Gasteiger partial charge in [0.05, 0.1) is 6.04 Å². The molecule has 1 aromatic heterocycles. The Balaban J connectivity index is 1.96. The van der Waals surface area contributed by atoms with Crippen LogP contribution in [-0.2, 0) is 0 Å². The van der Waals surface area contributed by atoms with Crippen molar-refractivity contribution in [2.24, 2.45) is 0 Å². The summed E-state index contributed by atoms with van der Waals surface area (Å²) < 4.78 is 0. The lowest BCUT2D eigenvalue weighted by Gasteiger charge is -2.45. The summed E-state index contributed by atoms with van der Waals surface area (Å²) in [5.41, 5.74) is 1.95. The number of rotatable bonds is 5. The van der Waals surface area contributed by atoms with E-state index >= 15 is 0 Å². The van der Waals surface area contributed by atoms with Gasteiger partial charge in [0, 0.05) is 10.4 Å². The molecule has 0 spiro atoms. The van der Waals surface area contributed by atoms with Gasteiger partial charge in [0.25, 0.3) is 0 Å². The number of thiophene rings is 1. The summed E-state index contributed by atoms with van der Waals surface area (Å²) in [5, 5.41) is 6.12. The molecule has 1 aliphatic carbocycles. The first kappa shape index (κ1) is 14.6. The molecule has 0 bridgehead atoms. The van der Waals surface area contributed by atoms with Crippen LogP contribution in [0.3, 0.4) is 0 Å². The molecule has 1 N–H and O–H groups in total. The summed E-state index contributed by atoms with van der Waals surface area (Å²) in [4.78, 5) is 4.33. The Kier molecular flexibility index (Phi) is 4.49. The number of nitrogens with one attached hydrogen (secondary N) is 1. The first-order chi connectivity index (χ1) is 9.78. The molecule has 0 radical (unpaired) electrons. The average Bonchev–Trinajstić information content (AvgIpc) is 3.18. The molecule has 2 heterocycles. The molecule has 1 atom stereocenters. The van der Waals surface area contributed by atoms with Crippen LogP contribution in [0.2, 0.25) is 0 Å². The Morgan fingerprint density at radius 2 is 1.95 bits per heavy atom. The van der Waals surface area contributed by atoms with Gasteiger partial charge < -0.3 is 5.32 Å². The summed E-state index contributed by atoms with van der Waals surface area (Å²) in [6.45, 7) is 8.23. The Bertz CT molecular complexity index is 428. The predicted molar refractivity (Wildman–Crippen MR) is 87.5 cm³/mol. The topological polar surface area (TPSA) is 15.3 Å². The highest BCUT2D eigenvalue weighted by Gasteiger charge is 2.47. The van der Waals surface area contributed by atoms with E-state index in [1.165, 1.54) is 56.5 Å². The van der Waals surface area contributed by atoms with Gasteiger partial charge in [0.2, 0.25) is 0 Å². The number of hydrogen-bond donors (Lipinski definition) is 1. The first-order valence-electron chi connectivity index (χ1n) is 8.30. The van der Waals surface area contributed by atoms with Crippen LogP contribution in [0.1, 0.15) is 61.9 Å². The van der Waals surface area contributed by atoms with Gasteiger partial charge in [-0.2, -0.15) is 0 Å². The lowest BCUT2D eigenvalue weighted by Crippen LogP contribution is -2.54. The van der Waals surface area contributed by atoms with Crippen LogP contribution in [0, 0.1) is 6.92 Å². The molecular formula is C17H28N2S. The quantitative estimate of drug-likeness (QED) is 0.878. The second-order valence-electron chi connectivity index (χ2n) is 6.43. The molecule has 0 amide bonds. The van der Waals surface area contributed by atoms with Crippen LogP contribution < -0.4 is 5.32 Å². The first-order valence-corrected chi connectivity index (χ1v) is 9.18. The Morgan fingerprint density at radius 1 is 1.25 bits per heavy atom. The van der Waals surface area contributed by atoms with Gasteiger partial charge in [0.1, 0.15) is 0 Å². The predicted octanol–water partition coefficient (Wildman–Crippen LogP) is 4.12. The van der Waals surface area contributed by atoms with E-state index in [4.69, 9.17) is 0 Å². The van der Waals surface area contributed by atoms with E-state index in [0.29, 0.717) is 11.6 Å². The standard InChI is InChI=1S/C17H28N2S/c1-3-18-16(15-8-13-20-14(15)2)17(9-4-5-10-17)19-11-6-7-12-19/h8,13,16,18H,3-7,9-12H2,1-2H3. The van der Waals surface area contributed by atoms with Crippen molar-refractivity contribution in [2.45, 2.75) is 64.0 Å². The zero-order valence-corrected chi connectivity index (χ0v) is 13.8. The van der Waals surface area contributed by atoms with Crippen LogP contribution >= 0.6 is 11.3 Å². The lowest BCUT2D eigenvalue weighted by atomic mass is 9.82. The van der Waals surface area contributed by atoms with Crippen LogP contribution in [0.25, 0.3) is 0 Å². The molecule has 20 heavy (non-hydrogen) atoms. The molecule has 3 heteroatoms. The van der Waals surface area contributed by atoms with Crippen molar-refractivity contribution >= 4 is 11.3 Å². The van der Waals surface area contributed by atoms with Crippen LogP contribution in [0.15, 0.2) is 11.4 Å². The maximum atomic E-state index is 3.85. The lowest BCUT2D eigenvalue weighted by molar-refractivity contribution is 0.0770. The van der Waals surface area contributed by atoms with Gasteiger partial charge in [-0.3, -0.25) is 4.90 Å². The van der Waals surface area contributed by atoms with Crippen molar-refractivity contribution in [1.29, 1.82) is 0 Å². The van der Waals surface area contributed by atoms with Gasteiger partial charge >= 0.3 is 0 Å². The molecule has 1 aliphatic heterocycles.